The molecule has 1 aliphatic heterocycles. The average Bonchev–Trinajstić information content (AvgIpc) is 2.88. The molecule has 1 heterocycles. The van der Waals surface area contributed by atoms with E-state index in [0.717, 1.165) is 37.6 Å². The minimum atomic E-state index is -0.705. The lowest BCUT2D eigenvalue weighted by Crippen LogP contribution is -2.26. The topological polar surface area (TPSA) is 59.0 Å². The number of likely N-dealkylation sites (tertiary alicyclic amines) is 1. The van der Waals surface area contributed by atoms with E-state index in [1.807, 2.05) is 31.2 Å². The second-order valence-corrected chi connectivity index (χ2v) is 5.28. The monoisotopic (exact) mass is 293 g/mol. The van der Waals surface area contributed by atoms with Gasteiger partial charge in [-0.3, -0.25) is 9.69 Å². The van der Waals surface area contributed by atoms with Gasteiger partial charge in [-0.15, -0.1) is 0 Å². The maximum atomic E-state index is 10.7. The maximum absolute atomic E-state index is 10.7. The normalized spacial score (nSPS) is 18.6. The Morgan fingerprint density at radius 3 is 2.71 bits per heavy atom. The first-order valence-corrected chi connectivity index (χ1v) is 7.47. The lowest BCUT2D eigenvalue weighted by Gasteiger charge is -2.17. The summed E-state index contributed by atoms with van der Waals surface area (Å²) in [5.41, 5.74) is 0. The molecule has 5 heteroatoms. The van der Waals surface area contributed by atoms with Crippen LogP contribution in [0.1, 0.15) is 19.8 Å². The summed E-state index contributed by atoms with van der Waals surface area (Å²) in [4.78, 5) is 13.0. The zero-order chi connectivity index (χ0) is 15.1. The molecular formula is C16H23NO4. The van der Waals surface area contributed by atoms with Crippen molar-refractivity contribution in [3.05, 3.63) is 24.3 Å². The standard InChI is InChI=1S/C16H23NO4/c1-2-20-14-5-3-4-6-15(14)21-10-9-17-8-7-13(12-17)11-16(18)19/h3-6,13H,2,7-12H2,1H3,(H,18,19). The number of ether oxygens (including phenoxy) is 2. The van der Waals surface area contributed by atoms with Crippen LogP contribution in [0.2, 0.25) is 0 Å². The Bertz CT molecular complexity index is 463. The van der Waals surface area contributed by atoms with Crippen LogP contribution in [0, 0.1) is 5.92 Å². The van der Waals surface area contributed by atoms with E-state index in [4.69, 9.17) is 14.6 Å². The highest BCUT2D eigenvalue weighted by atomic mass is 16.5. The van der Waals surface area contributed by atoms with E-state index in [-0.39, 0.29) is 12.3 Å². The number of rotatable bonds is 8. The molecule has 0 amide bonds. The Kier molecular flexibility index (Phi) is 5.87. The van der Waals surface area contributed by atoms with E-state index >= 15 is 0 Å². The van der Waals surface area contributed by atoms with Crippen LogP contribution in [-0.2, 0) is 4.79 Å². The van der Waals surface area contributed by atoms with Crippen LogP contribution in [0.5, 0.6) is 11.5 Å². The molecule has 2 rings (SSSR count). The van der Waals surface area contributed by atoms with Gasteiger partial charge in [0.2, 0.25) is 0 Å². The number of hydrogen-bond donors (Lipinski definition) is 1. The minimum absolute atomic E-state index is 0.268. The summed E-state index contributed by atoms with van der Waals surface area (Å²) >= 11 is 0. The highest BCUT2D eigenvalue weighted by Gasteiger charge is 2.24. The van der Waals surface area contributed by atoms with Gasteiger partial charge in [0.1, 0.15) is 6.61 Å². The quantitative estimate of drug-likeness (QED) is 0.796. The number of nitrogens with zero attached hydrogens (tertiary/aromatic N) is 1. The van der Waals surface area contributed by atoms with Gasteiger partial charge in [-0.2, -0.15) is 0 Å². The van der Waals surface area contributed by atoms with Crippen molar-refractivity contribution < 1.29 is 19.4 Å². The van der Waals surface area contributed by atoms with E-state index in [9.17, 15) is 4.79 Å². The highest BCUT2D eigenvalue weighted by Crippen LogP contribution is 2.26. The van der Waals surface area contributed by atoms with Crippen molar-refractivity contribution in [1.29, 1.82) is 0 Å². The number of carboxylic acid groups (broad SMARTS) is 1. The van der Waals surface area contributed by atoms with Gasteiger partial charge in [0.05, 0.1) is 6.61 Å². The number of aliphatic carboxylic acids is 1. The second-order valence-electron chi connectivity index (χ2n) is 5.28. The molecule has 0 aliphatic carbocycles. The van der Waals surface area contributed by atoms with Crippen LogP contribution in [0.4, 0.5) is 0 Å². The molecule has 0 spiro atoms. The predicted octanol–water partition coefficient (Wildman–Crippen LogP) is 2.26. The largest absolute Gasteiger partial charge is 0.490 e. The lowest BCUT2D eigenvalue weighted by atomic mass is 10.1. The molecule has 0 bridgehead atoms. The predicted molar refractivity (Wildman–Crippen MR) is 79.9 cm³/mol. The number of carbonyl (C=O) groups is 1. The molecule has 1 fully saturated rings. The summed E-state index contributed by atoms with van der Waals surface area (Å²) in [6, 6.07) is 7.66. The lowest BCUT2D eigenvalue weighted by molar-refractivity contribution is -0.138. The number of benzene rings is 1. The fraction of sp³-hybridized carbons (Fsp3) is 0.562. The fourth-order valence-corrected chi connectivity index (χ4v) is 2.66. The van der Waals surface area contributed by atoms with Crippen molar-refractivity contribution in [3.63, 3.8) is 0 Å². The number of hydrogen-bond acceptors (Lipinski definition) is 4. The van der Waals surface area contributed by atoms with Crippen molar-refractivity contribution in [1.82, 2.24) is 4.90 Å². The fourth-order valence-electron chi connectivity index (χ4n) is 2.66. The van der Waals surface area contributed by atoms with Gasteiger partial charge in [-0.25, -0.2) is 0 Å². The van der Waals surface area contributed by atoms with E-state index < -0.39 is 5.97 Å². The first-order chi connectivity index (χ1) is 10.2. The third-order valence-electron chi connectivity index (χ3n) is 3.65. The van der Waals surface area contributed by atoms with Crippen molar-refractivity contribution >= 4 is 5.97 Å². The van der Waals surface area contributed by atoms with Gasteiger partial charge in [-0.1, -0.05) is 12.1 Å². The van der Waals surface area contributed by atoms with Gasteiger partial charge in [0.15, 0.2) is 11.5 Å². The summed E-state index contributed by atoms with van der Waals surface area (Å²) in [7, 11) is 0. The molecule has 1 unspecified atom stereocenters. The number of para-hydroxylation sites is 2. The third-order valence-corrected chi connectivity index (χ3v) is 3.65. The number of carboxylic acids is 1. The first kappa shape index (κ1) is 15.6. The SMILES string of the molecule is CCOc1ccccc1OCCN1CCC(CC(=O)O)C1. The summed E-state index contributed by atoms with van der Waals surface area (Å²) in [5.74, 6) is 1.10. The zero-order valence-corrected chi connectivity index (χ0v) is 12.5. The molecule has 5 nitrogen and oxygen atoms in total. The van der Waals surface area contributed by atoms with Crippen molar-refractivity contribution in [2.24, 2.45) is 5.92 Å². The van der Waals surface area contributed by atoms with Gasteiger partial charge >= 0.3 is 5.97 Å². The van der Waals surface area contributed by atoms with Crippen molar-refractivity contribution in [3.8, 4) is 11.5 Å². The molecule has 1 aromatic carbocycles. The van der Waals surface area contributed by atoms with E-state index in [0.29, 0.717) is 13.2 Å². The van der Waals surface area contributed by atoms with Crippen LogP contribution in [-0.4, -0.2) is 48.8 Å². The Balaban J connectivity index is 1.74. The molecule has 0 aromatic heterocycles. The van der Waals surface area contributed by atoms with E-state index in [2.05, 4.69) is 4.90 Å². The van der Waals surface area contributed by atoms with Crippen molar-refractivity contribution in [2.75, 3.05) is 32.8 Å². The van der Waals surface area contributed by atoms with Gasteiger partial charge in [-0.05, 0) is 37.9 Å². The smallest absolute Gasteiger partial charge is 0.303 e. The van der Waals surface area contributed by atoms with Gasteiger partial charge < -0.3 is 14.6 Å². The van der Waals surface area contributed by atoms with Crippen LogP contribution in [0.15, 0.2) is 24.3 Å². The summed E-state index contributed by atoms with van der Waals surface area (Å²) in [5, 5.41) is 8.81. The van der Waals surface area contributed by atoms with E-state index in [1.54, 1.807) is 0 Å². The molecule has 1 atom stereocenters. The third kappa shape index (κ3) is 4.93. The van der Waals surface area contributed by atoms with Gasteiger partial charge in [0, 0.05) is 19.5 Å². The molecule has 116 valence electrons. The van der Waals surface area contributed by atoms with E-state index in [1.165, 1.54) is 0 Å². The first-order valence-electron chi connectivity index (χ1n) is 7.47. The maximum Gasteiger partial charge on any atom is 0.303 e. The van der Waals surface area contributed by atoms with Crippen LogP contribution >= 0.6 is 0 Å². The molecule has 1 N–H and O–H groups in total. The zero-order valence-electron chi connectivity index (χ0n) is 12.5. The average molecular weight is 293 g/mol. The Morgan fingerprint density at radius 1 is 1.33 bits per heavy atom. The summed E-state index contributed by atoms with van der Waals surface area (Å²) in [6.45, 7) is 5.77. The summed E-state index contributed by atoms with van der Waals surface area (Å²) < 4.78 is 11.3. The summed E-state index contributed by atoms with van der Waals surface area (Å²) in [6.07, 6.45) is 1.23. The molecule has 21 heavy (non-hydrogen) atoms. The molecule has 0 radical (unpaired) electrons. The molecule has 1 aliphatic rings. The molecule has 1 saturated heterocycles. The molecular weight excluding hydrogens is 270 g/mol. The minimum Gasteiger partial charge on any atom is -0.490 e. The van der Waals surface area contributed by atoms with Crippen molar-refractivity contribution in [2.45, 2.75) is 19.8 Å². The Labute approximate surface area is 125 Å². The molecule has 0 saturated carbocycles. The molecule has 1 aromatic rings. The Morgan fingerprint density at radius 2 is 2.05 bits per heavy atom. The van der Waals surface area contributed by atoms with Crippen LogP contribution in [0.3, 0.4) is 0 Å². The Hall–Kier alpha value is -1.75. The highest BCUT2D eigenvalue weighted by molar-refractivity contribution is 5.67. The second kappa shape index (κ2) is 7.88. The van der Waals surface area contributed by atoms with Crippen LogP contribution in [0.25, 0.3) is 0 Å². The van der Waals surface area contributed by atoms with Crippen LogP contribution < -0.4 is 9.47 Å². The van der Waals surface area contributed by atoms with Gasteiger partial charge in [0.25, 0.3) is 0 Å².